The number of nitrogens with zero attached hydrogens (tertiary/aromatic N) is 2. The molecule has 1 aliphatic rings. The van der Waals surface area contributed by atoms with Crippen LogP contribution in [0.25, 0.3) is 10.9 Å². The minimum Gasteiger partial charge on any atom is -0.381 e. The molecule has 2 atom stereocenters. The number of carbonyl (C=O) groups excluding carboxylic acids is 1. The van der Waals surface area contributed by atoms with Gasteiger partial charge in [-0.15, -0.1) is 0 Å². The van der Waals surface area contributed by atoms with Gasteiger partial charge >= 0.3 is 0 Å². The summed E-state index contributed by atoms with van der Waals surface area (Å²) in [5.41, 5.74) is 0.185. The minimum atomic E-state index is -0.335. The molecule has 1 fully saturated rings. The van der Waals surface area contributed by atoms with E-state index < -0.39 is 0 Å². The molecule has 6 heteroatoms. The second kappa shape index (κ2) is 6.59. The fraction of sp³-hybridized carbons (Fsp3) is 0.526. The van der Waals surface area contributed by atoms with Crippen LogP contribution in [0.5, 0.6) is 0 Å². The molecule has 0 saturated heterocycles. The number of fused-ring (bicyclic) bond motifs is 1. The monoisotopic (exact) mass is 343 g/mol. The van der Waals surface area contributed by atoms with Gasteiger partial charge in [0.2, 0.25) is 5.43 Å². The lowest BCUT2D eigenvalue weighted by molar-refractivity contribution is -0.147. The number of rotatable bonds is 5. The number of carbonyl (C=O) groups is 1. The number of benzene rings is 1. The van der Waals surface area contributed by atoms with Gasteiger partial charge in [0.1, 0.15) is 0 Å². The standard InChI is InChI=1S/C19H25N3O3/c1-5-19(6-2)14(11-15(19)25-4)22(3)18(24)16-17(23)12-9-7-8-10-13(12)20-21-16/h7-10,14-15H,5-6,11H2,1-4H3,(H,20,23)/t14-,15-/m1/s1. The largest absolute Gasteiger partial charge is 0.381 e. The first kappa shape index (κ1) is 17.6. The first-order valence-electron chi connectivity index (χ1n) is 8.77. The Morgan fingerprint density at radius 3 is 2.68 bits per heavy atom. The molecular weight excluding hydrogens is 318 g/mol. The van der Waals surface area contributed by atoms with E-state index in [1.54, 1.807) is 37.3 Å². The van der Waals surface area contributed by atoms with Gasteiger partial charge in [-0.25, -0.2) is 0 Å². The highest BCUT2D eigenvalue weighted by Crippen LogP contribution is 2.51. The molecule has 134 valence electrons. The second-order valence-electron chi connectivity index (χ2n) is 6.78. The zero-order valence-electron chi connectivity index (χ0n) is 15.2. The Hall–Kier alpha value is -2.21. The lowest BCUT2D eigenvalue weighted by Gasteiger charge is -2.57. The minimum absolute atomic E-state index is 0.0487. The van der Waals surface area contributed by atoms with Crippen molar-refractivity contribution in [2.24, 2.45) is 5.41 Å². The van der Waals surface area contributed by atoms with Crippen molar-refractivity contribution in [2.45, 2.75) is 45.3 Å². The number of aromatic amines is 1. The van der Waals surface area contributed by atoms with Crippen LogP contribution in [0.1, 0.15) is 43.6 Å². The Kier molecular flexibility index (Phi) is 4.64. The summed E-state index contributed by atoms with van der Waals surface area (Å²) in [4.78, 5) is 27.3. The van der Waals surface area contributed by atoms with Crippen molar-refractivity contribution in [3.8, 4) is 0 Å². The van der Waals surface area contributed by atoms with Gasteiger partial charge < -0.3 is 9.64 Å². The third-order valence-electron chi connectivity index (χ3n) is 6.01. The molecular formula is C19H25N3O3. The lowest BCUT2D eigenvalue weighted by atomic mass is 9.58. The molecule has 25 heavy (non-hydrogen) atoms. The number of aromatic nitrogens is 2. The first-order chi connectivity index (χ1) is 12.0. The van der Waals surface area contributed by atoms with Gasteiger partial charge in [-0.3, -0.25) is 14.7 Å². The van der Waals surface area contributed by atoms with Crippen molar-refractivity contribution in [3.05, 3.63) is 40.2 Å². The van der Waals surface area contributed by atoms with Crippen molar-refractivity contribution >= 4 is 16.8 Å². The van der Waals surface area contributed by atoms with Crippen LogP contribution in [0, 0.1) is 5.41 Å². The summed E-state index contributed by atoms with van der Waals surface area (Å²) in [7, 11) is 3.48. The van der Waals surface area contributed by atoms with E-state index >= 15 is 0 Å². The Morgan fingerprint density at radius 1 is 1.36 bits per heavy atom. The summed E-state index contributed by atoms with van der Waals surface area (Å²) >= 11 is 0. The third kappa shape index (κ3) is 2.56. The Balaban J connectivity index is 1.94. The highest BCUT2D eigenvalue weighted by atomic mass is 16.5. The highest BCUT2D eigenvalue weighted by Gasteiger charge is 2.55. The molecule has 0 bridgehead atoms. The molecule has 1 amide bonds. The summed E-state index contributed by atoms with van der Waals surface area (Å²) in [6, 6.07) is 7.13. The fourth-order valence-corrected chi connectivity index (χ4v) is 4.30. The molecule has 0 radical (unpaired) electrons. The Labute approximate surface area is 147 Å². The van der Waals surface area contributed by atoms with Gasteiger partial charge in [-0.05, 0) is 31.4 Å². The van der Waals surface area contributed by atoms with E-state index in [1.165, 1.54) is 0 Å². The van der Waals surface area contributed by atoms with E-state index in [-0.39, 0.29) is 34.6 Å². The number of para-hydroxylation sites is 1. The van der Waals surface area contributed by atoms with Crippen molar-refractivity contribution in [1.82, 2.24) is 15.1 Å². The maximum Gasteiger partial charge on any atom is 0.278 e. The fourth-order valence-electron chi connectivity index (χ4n) is 4.30. The van der Waals surface area contributed by atoms with Gasteiger partial charge in [0.15, 0.2) is 5.69 Å². The van der Waals surface area contributed by atoms with Crippen LogP contribution in [-0.4, -0.2) is 47.3 Å². The molecule has 1 aliphatic carbocycles. The second-order valence-corrected chi connectivity index (χ2v) is 6.78. The van der Waals surface area contributed by atoms with Gasteiger partial charge in [-0.1, -0.05) is 26.0 Å². The van der Waals surface area contributed by atoms with Crippen LogP contribution in [0.2, 0.25) is 0 Å². The van der Waals surface area contributed by atoms with Gasteiger partial charge in [0.25, 0.3) is 5.91 Å². The van der Waals surface area contributed by atoms with Crippen LogP contribution in [0.4, 0.5) is 0 Å². The number of methoxy groups -OCH3 is 1. The van der Waals surface area contributed by atoms with E-state index in [0.29, 0.717) is 10.9 Å². The first-order valence-corrected chi connectivity index (χ1v) is 8.77. The van der Waals surface area contributed by atoms with Crippen LogP contribution in [0.15, 0.2) is 29.1 Å². The maximum atomic E-state index is 13.0. The molecule has 1 aromatic carbocycles. The molecule has 1 heterocycles. The van der Waals surface area contributed by atoms with Crippen LogP contribution in [0.3, 0.4) is 0 Å². The molecule has 0 spiro atoms. The molecule has 0 unspecified atom stereocenters. The number of nitrogens with one attached hydrogen (secondary N) is 1. The zero-order valence-corrected chi connectivity index (χ0v) is 15.2. The van der Waals surface area contributed by atoms with Crippen LogP contribution in [-0.2, 0) is 4.74 Å². The molecule has 0 aliphatic heterocycles. The van der Waals surface area contributed by atoms with Gasteiger partial charge in [0.05, 0.1) is 11.6 Å². The van der Waals surface area contributed by atoms with E-state index in [4.69, 9.17) is 4.74 Å². The van der Waals surface area contributed by atoms with Crippen molar-refractivity contribution < 1.29 is 9.53 Å². The van der Waals surface area contributed by atoms with Crippen molar-refractivity contribution in [1.29, 1.82) is 0 Å². The molecule has 1 saturated carbocycles. The smallest absolute Gasteiger partial charge is 0.278 e. The van der Waals surface area contributed by atoms with Crippen LogP contribution < -0.4 is 5.43 Å². The SMILES string of the molecule is CCC1(CC)[C@H](OC)C[C@H]1N(C)C(=O)c1n[nH]c2ccccc2c1=O. The summed E-state index contributed by atoms with van der Waals surface area (Å²) in [5, 5.41) is 7.35. The van der Waals surface area contributed by atoms with Gasteiger partial charge in [0, 0.05) is 31.0 Å². The predicted octanol–water partition coefficient (Wildman–Crippen LogP) is 2.59. The zero-order chi connectivity index (χ0) is 18.2. The van der Waals surface area contributed by atoms with E-state index in [2.05, 4.69) is 24.0 Å². The average Bonchev–Trinajstić information content (AvgIpc) is 2.62. The van der Waals surface area contributed by atoms with E-state index in [0.717, 1.165) is 19.3 Å². The number of H-pyrrole nitrogens is 1. The number of hydrogen-bond acceptors (Lipinski definition) is 4. The van der Waals surface area contributed by atoms with E-state index in [9.17, 15) is 9.59 Å². The lowest BCUT2D eigenvalue weighted by Crippen LogP contribution is -2.64. The predicted molar refractivity (Wildman–Crippen MR) is 96.7 cm³/mol. The Bertz CT molecular complexity index is 841. The normalized spacial score (nSPS) is 21.8. The molecule has 2 aromatic rings. The van der Waals surface area contributed by atoms with Crippen LogP contribution >= 0.6 is 0 Å². The third-order valence-corrected chi connectivity index (χ3v) is 6.01. The van der Waals surface area contributed by atoms with Crippen molar-refractivity contribution in [2.75, 3.05) is 14.2 Å². The Morgan fingerprint density at radius 2 is 2.04 bits per heavy atom. The summed E-state index contributed by atoms with van der Waals surface area (Å²) in [5.74, 6) is -0.335. The summed E-state index contributed by atoms with van der Waals surface area (Å²) in [6.07, 6.45) is 2.77. The van der Waals surface area contributed by atoms with E-state index in [1.807, 2.05) is 6.07 Å². The highest BCUT2D eigenvalue weighted by molar-refractivity contribution is 5.95. The number of amides is 1. The molecule has 1 N–H and O–H groups in total. The average molecular weight is 343 g/mol. The van der Waals surface area contributed by atoms with Gasteiger partial charge in [-0.2, -0.15) is 5.10 Å². The molecule has 6 nitrogen and oxygen atoms in total. The quantitative estimate of drug-likeness (QED) is 0.905. The van der Waals surface area contributed by atoms with Crippen molar-refractivity contribution in [3.63, 3.8) is 0 Å². The summed E-state index contributed by atoms with van der Waals surface area (Å²) in [6.45, 7) is 4.25. The topological polar surface area (TPSA) is 75.3 Å². The molecule has 3 rings (SSSR count). The maximum absolute atomic E-state index is 13.0. The summed E-state index contributed by atoms with van der Waals surface area (Å²) < 4.78 is 5.61. The number of ether oxygens (including phenoxy) is 1. The number of hydrogen-bond donors (Lipinski definition) is 1. The molecule has 1 aromatic heterocycles.